The number of hydrogen-bond donors (Lipinski definition) is 2. The number of carboxylic acids is 1. The Morgan fingerprint density at radius 1 is 1.12 bits per heavy atom. The van der Waals surface area contributed by atoms with Crippen LogP contribution in [0.15, 0.2) is 53.6 Å². The third kappa shape index (κ3) is 3.48. The maximum absolute atomic E-state index is 12.5. The Labute approximate surface area is 141 Å². The number of rotatable bonds is 5. The number of fused-ring (bicyclic) bond motifs is 1. The van der Waals surface area contributed by atoms with Gasteiger partial charge in [-0.15, -0.1) is 0 Å². The molecule has 0 heterocycles. The largest absolute Gasteiger partial charge is 0.481 e. The van der Waals surface area contributed by atoms with Crippen molar-refractivity contribution in [3.05, 3.63) is 59.2 Å². The highest BCUT2D eigenvalue weighted by molar-refractivity contribution is 5.95. The molecule has 0 aliphatic heterocycles. The van der Waals surface area contributed by atoms with Crippen molar-refractivity contribution in [2.75, 3.05) is 0 Å². The second kappa shape index (κ2) is 6.87. The van der Waals surface area contributed by atoms with Gasteiger partial charge in [-0.2, -0.15) is 0 Å². The SMILES string of the molecule is CC1=C(C(=O)N[C@@H](CC(=O)O)c2ccc3ccccc3c2)CCC1. The highest BCUT2D eigenvalue weighted by Crippen LogP contribution is 2.27. The van der Waals surface area contributed by atoms with Crippen molar-refractivity contribution in [3.63, 3.8) is 0 Å². The zero-order chi connectivity index (χ0) is 17.1. The molecule has 1 aliphatic carbocycles. The summed E-state index contributed by atoms with van der Waals surface area (Å²) in [5.74, 6) is -1.06. The van der Waals surface area contributed by atoms with Gasteiger partial charge in [0.1, 0.15) is 0 Å². The lowest BCUT2D eigenvalue weighted by atomic mass is 9.99. The molecule has 0 saturated carbocycles. The lowest BCUT2D eigenvalue weighted by molar-refractivity contribution is -0.137. The monoisotopic (exact) mass is 323 g/mol. The summed E-state index contributed by atoms with van der Waals surface area (Å²) in [6.45, 7) is 1.98. The van der Waals surface area contributed by atoms with Crippen molar-refractivity contribution >= 4 is 22.6 Å². The first-order valence-corrected chi connectivity index (χ1v) is 8.24. The van der Waals surface area contributed by atoms with E-state index < -0.39 is 12.0 Å². The molecule has 0 bridgehead atoms. The van der Waals surface area contributed by atoms with Gasteiger partial charge in [0.15, 0.2) is 0 Å². The van der Waals surface area contributed by atoms with Gasteiger partial charge in [0, 0.05) is 5.57 Å². The molecule has 4 heteroatoms. The Hall–Kier alpha value is -2.62. The van der Waals surface area contributed by atoms with Crippen LogP contribution >= 0.6 is 0 Å². The first kappa shape index (κ1) is 16.2. The Morgan fingerprint density at radius 3 is 2.54 bits per heavy atom. The second-order valence-corrected chi connectivity index (χ2v) is 6.34. The van der Waals surface area contributed by atoms with Crippen LogP contribution in [0.5, 0.6) is 0 Å². The quantitative estimate of drug-likeness (QED) is 0.875. The van der Waals surface area contributed by atoms with E-state index in [2.05, 4.69) is 5.32 Å². The molecule has 2 aromatic carbocycles. The third-order valence-corrected chi connectivity index (χ3v) is 4.63. The van der Waals surface area contributed by atoms with Gasteiger partial charge >= 0.3 is 5.97 Å². The van der Waals surface area contributed by atoms with Gasteiger partial charge in [-0.3, -0.25) is 9.59 Å². The average molecular weight is 323 g/mol. The van der Waals surface area contributed by atoms with Crippen molar-refractivity contribution < 1.29 is 14.7 Å². The molecule has 1 aliphatic rings. The fourth-order valence-corrected chi connectivity index (χ4v) is 3.30. The number of nitrogens with one attached hydrogen (secondary N) is 1. The van der Waals surface area contributed by atoms with Gasteiger partial charge in [0.25, 0.3) is 0 Å². The minimum absolute atomic E-state index is 0.129. The van der Waals surface area contributed by atoms with E-state index in [1.807, 2.05) is 49.4 Å². The maximum Gasteiger partial charge on any atom is 0.305 e. The number of allylic oxidation sites excluding steroid dienone is 1. The molecule has 2 aromatic rings. The molecule has 0 fully saturated rings. The van der Waals surface area contributed by atoms with E-state index >= 15 is 0 Å². The molecule has 0 unspecified atom stereocenters. The molecule has 124 valence electrons. The fraction of sp³-hybridized carbons (Fsp3) is 0.300. The Morgan fingerprint density at radius 2 is 1.88 bits per heavy atom. The molecule has 4 nitrogen and oxygen atoms in total. The normalized spacial score (nSPS) is 15.5. The Balaban J connectivity index is 1.88. The Bertz CT molecular complexity index is 822. The van der Waals surface area contributed by atoms with Crippen LogP contribution in [0.2, 0.25) is 0 Å². The van der Waals surface area contributed by atoms with Crippen LogP contribution in [-0.4, -0.2) is 17.0 Å². The van der Waals surface area contributed by atoms with Gasteiger partial charge < -0.3 is 10.4 Å². The third-order valence-electron chi connectivity index (χ3n) is 4.63. The number of amides is 1. The predicted octanol–water partition coefficient (Wildman–Crippen LogP) is 3.97. The maximum atomic E-state index is 12.5. The van der Waals surface area contributed by atoms with Crippen LogP contribution in [-0.2, 0) is 9.59 Å². The number of benzene rings is 2. The molecule has 0 aromatic heterocycles. The predicted molar refractivity (Wildman–Crippen MR) is 93.6 cm³/mol. The van der Waals surface area contributed by atoms with E-state index in [4.69, 9.17) is 0 Å². The molecule has 1 atom stereocenters. The minimum atomic E-state index is -0.925. The highest BCUT2D eigenvalue weighted by atomic mass is 16.4. The molecular weight excluding hydrogens is 302 g/mol. The summed E-state index contributed by atoms with van der Waals surface area (Å²) in [6, 6.07) is 13.2. The van der Waals surface area contributed by atoms with Crippen molar-refractivity contribution in [3.8, 4) is 0 Å². The first-order chi connectivity index (χ1) is 11.5. The van der Waals surface area contributed by atoms with Gasteiger partial charge in [0.2, 0.25) is 5.91 Å². The first-order valence-electron chi connectivity index (χ1n) is 8.24. The van der Waals surface area contributed by atoms with Gasteiger partial charge in [-0.1, -0.05) is 42.0 Å². The topological polar surface area (TPSA) is 66.4 Å². The summed E-state index contributed by atoms with van der Waals surface area (Å²) in [7, 11) is 0. The summed E-state index contributed by atoms with van der Waals surface area (Å²) in [5, 5.41) is 14.3. The zero-order valence-electron chi connectivity index (χ0n) is 13.7. The molecule has 0 spiro atoms. The minimum Gasteiger partial charge on any atom is -0.481 e. The summed E-state index contributed by atoms with van der Waals surface area (Å²) in [5.41, 5.74) is 2.74. The number of hydrogen-bond acceptors (Lipinski definition) is 2. The molecule has 24 heavy (non-hydrogen) atoms. The molecule has 2 N–H and O–H groups in total. The van der Waals surface area contributed by atoms with Crippen LogP contribution in [0.3, 0.4) is 0 Å². The average Bonchev–Trinajstić information content (AvgIpc) is 2.99. The molecular formula is C20H21NO3. The van der Waals surface area contributed by atoms with E-state index in [9.17, 15) is 14.7 Å². The number of carboxylic acid groups (broad SMARTS) is 1. The summed E-state index contributed by atoms with van der Waals surface area (Å²) >= 11 is 0. The van der Waals surface area contributed by atoms with Crippen LogP contribution in [0.1, 0.15) is 44.2 Å². The number of carbonyl (C=O) groups excluding carboxylic acids is 1. The summed E-state index contributed by atoms with van der Waals surface area (Å²) in [4.78, 5) is 23.8. The molecule has 1 amide bonds. The smallest absolute Gasteiger partial charge is 0.305 e. The number of aliphatic carboxylic acids is 1. The lowest BCUT2D eigenvalue weighted by Crippen LogP contribution is -2.31. The van der Waals surface area contributed by atoms with E-state index in [-0.39, 0.29) is 12.3 Å². The van der Waals surface area contributed by atoms with Crippen molar-refractivity contribution in [1.82, 2.24) is 5.32 Å². The molecule has 0 saturated heterocycles. The zero-order valence-corrected chi connectivity index (χ0v) is 13.7. The van der Waals surface area contributed by atoms with Crippen molar-refractivity contribution in [2.24, 2.45) is 0 Å². The van der Waals surface area contributed by atoms with E-state index in [1.54, 1.807) is 0 Å². The van der Waals surface area contributed by atoms with Gasteiger partial charge in [-0.05, 0) is 48.6 Å². The summed E-state index contributed by atoms with van der Waals surface area (Å²) in [6.07, 6.45) is 2.59. The van der Waals surface area contributed by atoms with Crippen LogP contribution in [0.25, 0.3) is 10.8 Å². The Kier molecular flexibility index (Phi) is 4.65. The fourth-order valence-electron chi connectivity index (χ4n) is 3.30. The van der Waals surface area contributed by atoms with Crippen molar-refractivity contribution in [2.45, 2.75) is 38.6 Å². The summed E-state index contributed by atoms with van der Waals surface area (Å²) < 4.78 is 0. The second-order valence-electron chi connectivity index (χ2n) is 6.34. The van der Waals surface area contributed by atoms with Gasteiger partial charge in [0.05, 0.1) is 12.5 Å². The van der Waals surface area contributed by atoms with Crippen LogP contribution < -0.4 is 5.32 Å². The van der Waals surface area contributed by atoms with E-state index in [1.165, 1.54) is 0 Å². The van der Waals surface area contributed by atoms with Gasteiger partial charge in [-0.25, -0.2) is 0 Å². The molecule has 3 rings (SSSR count). The number of carbonyl (C=O) groups is 2. The van der Waals surface area contributed by atoms with Crippen LogP contribution in [0, 0.1) is 0 Å². The van der Waals surface area contributed by atoms with Crippen molar-refractivity contribution in [1.29, 1.82) is 0 Å². The molecule has 0 radical (unpaired) electrons. The van der Waals surface area contributed by atoms with Crippen LogP contribution in [0.4, 0.5) is 0 Å². The van der Waals surface area contributed by atoms with E-state index in [0.717, 1.165) is 46.7 Å². The standard InChI is InChI=1S/C20H21NO3/c1-13-5-4-8-17(13)20(24)21-18(12-19(22)23)16-10-9-14-6-2-3-7-15(14)11-16/h2-3,6-7,9-11,18H,4-5,8,12H2,1H3,(H,21,24)(H,22,23)/t18-/m0/s1. The highest BCUT2D eigenvalue weighted by Gasteiger charge is 2.23. The lowest BCUT2D eigenvalue weighted by Gasteiger charge is -2.19. The van der Waals surface area contributed by atoms with E-state index in [0.29, 0.717) is 0 Å².